The minimum Gasteiger partial charge on any atom is -0.481 e. The molecule has 0 bridgehead atoms. The number of aliphatic carboxylic acids is 1. The zero-order valence-electron chi connectivity index (χ0n) is 8.91. The van der Waals surface area contributed by atoms with E-state index in [1.807, 2.05) is 20.8 Å². The lowest BCUT2D eigenvalue weighted by Gasteiger charge is -2.36. The number of rotatable bonds is 2. The Bertz CT molecular complexity index is 255. The van der Waals surface area contributed by atoms with Gasteiger partial charge in [-0.1, -0.05) is 0 Å². The van der Waals surface area contributed by atoms with Crippen molar-refractivity contribution in [2.75, 3.05) is 0 Å². The first kappa shape index (κ1) is 11.0. The zero-order valence-corrected chi connectivity index (χ0v) is 8.91. The molecule has 4 nitrogen and oxygen atoms in total. The van der Waals surface area contributed by atoms with E-state index in [4.69, 9.17) is 5.11 Å². The van der Waals surface area contributed by atoms with Crippen molar-refractivity contribution in [3.8, 4) is 0 Å². The van der Waals surface area contributed by atoms with Crippen LogP contribution in [0.3, 0.4) is 0 Å². The van der Waals surface area contributed by atoms with Crippen molar-refractivity contribution in [3.63, 3.8) is 0 Å². The quantitative estimate of drug-likeness (QED) is 0.728. The molecule has 1 aliphatic heterocycles. The fourth-order valence-electron chi connectivity index (χ4n) is 2.06. The maximum absolute atomic E-state index is 11.5. The summed E-state index contributed by atoms with van der Waals surface area (Å²) in [6, 6.07) is -0.125. The predicted octanol–water partition coefficient (Wildman–Crippen LogP) is 1.25. The predicted molar refractivity (Wildman–Crippen MR) is 51.9 cm³/mol. The van der Waals surface area contributed by atoms with Crippen LogP contribution in [0.25, 0.3) is 0 Å². The van der Waals surface area contributed by atoms with Gasteiger partial charge in [0, 0.05) is 18.0 Å². The van der Waals surface area contributed by atoms with E-state index in [0.717, 1.165) is 0 Å². The molecule has 0 aromatic heterocycles. The number of carboxylic acid groups (broad SMARTS) is 1. The minimum atomic E-state index is -0.834. The van der Waals surface area contributed by atoms with Gasteiger partial charge in [0.2, 0.25) is 5.91 Å². The van der Waals surface area contributed by atoms with Gasteiger partial charge in [0.1, 0.15) is 0 Å². The van der Waals surface area contributed by atoms with E-state index >= 15 is 0 Å². The van der Waals surface area contributed by atoms with E-state index in [1.165, 1.54) is 0 Å². The van der Waals surface area contributed by atoms with Gasteiger partial charge in [0.05, 0.1) is 6.42 Å². The number of hydrogen-bond donors (Lipinski definition) is 1. The zero-order chi connectivity index (χ0) is 10.9. The van der Waals surface area contributed by atoms with Gasteiger partial charge in [0.15, 0.2) is 0 Å². The second-order valence-electron chi connectivity index (χ2n) is 4.72. The molecule has 0 saturated carbocycles. The largest absolute Gasteiger partial charge is 0.481 e. The Morgan fingerprint density at radius 3 is 2.57 bits per heavy atom. The first-order valence-electron chi connectivity index (χ1n) is 4.86. The highest BCUT2D eigenvalue weighted by molar-refractivity contribution is 5.81. The number of hydrogen-bond acceptors (Lipinski definition) is 2. The Morgan fingerprint density at radius 2 is 2.14 bits per heavy atom. The third-order valence-electron chi connectivity index (χ3n) is 2.46. The molecular weight excluding hydrogens is 182 g/mol. The fraction of sp³-hybridized carbons (Fsp3) is 0.800. The van der Waals surface area contributed by atoms with Crippen molar-refractivity contribution in [3.05, 3.63) is 0 Å². The molecule has 1 aliphatic rings. The first-order valence-corrected chi connectivity index (χ1v) is 4.86. The highest BCUT2D eigenvalue weighted by Gasteiger charge is 2.38. The molecule has 0 spiro atoms. The molecule has 1 rings (SSSR count). The molecule has 1 amide bonds. The monoisotopic (exact) mass is 199 g/mol. The summed E-state index contributed by atoms with van der Waals surface area (Å²) in [5.74, 6) is -0.761. The Balaban J connectivity index is 2.77. The highest BCUT2D eigenvalue weighted by Crippen LogP contribution is 2.29. The number of likely N-dealkylation sites (tertiary alicyclic amines) is 1. The van der Waals surface area contributed by atoms with E-state index in [0.29, 0.717) is 12.8 Å². The molecule has 0 radical (unpaired) electrons. The number of nitrogens with zero attached hydrogens (tertiary/aromatic N) is 1. The second kappa shape index (κ2) is 3.59. The molecule has 0 aromatic carbocycles. The lowest BCUT2D eigenvalue weighted by molar-refractivity contribution is -0.140. The minimum absolute atomic E-state index is 0.0585. The van der Waals surface area contributed by atoms with Gasteiger partial charge in [-0.15, -0.1) is 0 Å². The summed E-state index contributed by atoms with van der Waals surface area (Å²) in [4.78, 5) is 23.9. The lowest BCUT2D eigenvalue weighted by atomic mass is 10.0. The van der Waals surface area contributed by atoms with Gasteiger partial charge in [0.25, 0.3) is 0 Å². The molecule has 1 atom stereocenters. The van der Waals surface area contributed by atoms with Crippen molar-refractivity contribution in [1.29, 1.82) is 0 Å². The SMILES string of the molecule is CC(C)(C)N1C(=O)CCC1CC(=O)O. The average Bonchev–Trinajstić information content (AvgIpc) is 2.28. The maximum Gasteiger partial charge on any atom is 0.305 e. The number of amides is 1. The Hall–Kier alpha value is -1.06. The van der Waals surface area contributed by atoms with E-state index in [1.54, 1.807) is 4.90 Å². The first-order chi connectivity index (χ1) is 6.32. The van der Waals surface area contributed by atoms with Crippen LogP contribution in [-0.4, -0.2) is 33.5 Å². The standard InChI is InChI=1S/C10H17NO3/c1-10(2,3)11-7(6-9(13)14)4-5-8(11)12/h7H,4-6H2,1-3H3,(H,13,14). The maximum atomic E-state index is 11.5. The Kier molecular flexibility index (Phi) is 2.83. The molecule has 4 heteroatoms. The number of carboxylic acids is 1. The summed E-state index contributed by atoms with van der Waals surface area (Å²) >= 11 is 0. The summed E-state index contributed by atoms with van der Waals surface area (Å²) in [5, 5.41) is 8.71. The molecule has 0 aliphatic carbocycles. The van der Waals surface area contributed by atoms with Crippen molar-refractivity contribution in [2.45, 2.75) is 51.6 Å². The molecule has 1 N–H and O–H groups in total. The topological polar surface area (TPSA) is 57.6 Å². The van der Waals surface area contributed by atoms with Crippen molar-refractivity contribution < 1.29 is 14.7 Å². The van der Waals surface area contributed by atoms with Crippen LogP contribution < -0.4 is 0 Å². The van der Waals surface area contributed by atoms with Crippen molar-refractivity contribution in [1.82, 2.24) is 4.90 Å². The van der Waals surface area contributed by atoms with Gasteiger partial charge in [-0.3, -0.25) is 9.59 Å². The van der Waals surface area contributed by atoms with Crippen LogP contribution in [0.4, 0.5) is 0 Å². The molecule has 1 saturated heterocycles. The van der Waals surface area contributed by atoms with Crippen molar-refractivity contribution in [2.24, 2.45) is 0 Å². The normalized spacial score (nSPS) is 22.9. The van der Waals surface area contributed by atoms with Crippen LogP contribution in [0, 0.1) is 0 Å². The van der Waals surface area contributed by atoms with Crippen LogP contribution >= 0.6 is 0 Å². The summed E-state index contributed by atoms with van der Waals surface area (Å²) < 4.78 is 0. The van der Waals surface area contributed by atoms with Crippen LogP contribution in [0.2, 0.25) is 0 Å². The molecule has 1 unspecified atom stereocenters. The average molecular weight is 199 g/mol. The smallest absolute Gasteiger partial charge is 0.305 e. The number of carbonyl (C=O) groups is 2. The van der Waals surface area contributed by atoms with E-state index in [9.17, 15) is 9.59 Å². The Morgan fingerprint density at radius 1 is 1.57 bits per heavy atom. The van der Waals surface area contributed by atoms with E-state index in [2.05, 4.69) is 0 Å². The highest BCUT2D eigenvalue weighted by atomic mass is 16.4. The molecule has 1 fully saturated rings. The van der Waals surface area contributed by atoms with Gasteiger partial charge in [-0.2, -0.15) is 0 Å². The second-order valence-corrected chi connectivity index (χ2v) is 4.72. The molecule has 14 heavy (non-hydrogen) atoms. The van der Waals surface area contributed by atoms with E-state index in [-0.39, 0.29) is 23.9 Å². The molecule has 0 aromatic rings. The summed E-state index contributed by atoms with van der Waals surface area (Å²) in [5.41, 5.74) is -0.270. The van der Waals surface area contributed by atoms with Gasteiger partial charge in [-0.05, 0) is 27.2 Å². The van der Waals surface area contributed by atoms with Crippen LogP contribution in [0.1, 0.15) is 40.0 Å². The van der Waals surface area contributed by atoms with Crippen LogP contribution in [0.15, 0.2) is 0 Å². The Labute approximate surface area is 83.9 Å². The van der Waals surface area contributed by atoms with Gasteiger partial charge in [-0.25, -0.2) is 0 Å². The summed E-state index contributed by atoms with van der Waals surface area (Å²) in [7, 11) is 0. The molecule has 80 valence electrons. The van der Waals surface area contributed by atoms with Gasteiger partial charge >= 0.3 is 5.97 Å². The summed E-state index contributed by atoms with van der Waals surface area (Å²) in [6.45, 7) is 5.81. The van der Waals surface area contributed by atoms with E-state index < -0.39 is 5.97 Å². The summed E-state index contributed by atoms with van der Waals surface area (Å²) in [6.07, 6.45) is 1.21. The van der Waals surface area contributed by atoms with Crippen molar-refractivity contribution >= 4 is 11.9 Å². The third-order valence-corrected chi connectivity index (χ3v) is 2.46. The van der Waals surface area contributed by atoms with Crippen LogP contribution in [0.5, 0.6) is 0 Å². The molecular formula is C10H17NO3. The van der Waals surface area contributed by atoms with Crippen LogP contribution in [-0.2, 0) is 9.59 Å². The fourth-order valence-corrected chi connectivity index (χ4v) is 2.06. The number of carbonyl (C=O) groups excluding carboxylic acids is 1. The molecule has 1 heterocycles. The lowest BCUT2D eigenvalue weighted by Crippen LogP contribution is -2.47. The third kappa shape index (κ3) is 2.25. The van der Waals surface area contributed by atoms with Gasteiger partial charge < -0.3 is 10.0 Å².